The van der Waals surface area contributed by atoms with Crippen molar-refractivity contribution in [3.8, 4) is 11.1 Å². The highest BCUT2D eigenvalue weighted by molar-refractivity contribution is 5.76. The first-order valence-electron chi connectivity index (χ1n) is 6.08. The molecule has 0 spiro atoms. The molecule has 0 radical (unpaired) electrons. The molecule has 0 bridgehead atoms. The highest BCUT2D eigenvalue weighted by Crippen LogP contribution is 2.36. The number of rotatable bonds is 2. The van der Waals surface area contributed by atoms with Crippen LogP contribution in [0.25, 0.3) is 11.1 Å². The number of nitrogens with two attached hydrogens (primary N) is 1. The van der Waals surface area contributed by atoms with Gasteiger partial charge in [0.25, 0.3) is 0 Å². The molecule has 5 heteroatoms. The lowest BCUT2D eigenvalue weighted by atomic mass is 9.97. The van der Waals surface area contributed by atoms with E-state index in [1.165, 1.54) is 0 Å². The summed E-state index contributed by atoms with van der Waals surface area (Å²) in [6.07, 6.45) is 4.59. The smallest absolute Gasteiger partial charge is 0.129 e. The number of ether oxygens (including phenoxy) is 1. The van der Waals surface area contributed by atoms with E-state index in [2.05, 4.69) is 10.1 Å². The topological polar surface area (TPSA) is 66.0 Å². The summed E-state index contributed by atoms with van der Waals surface area (Å²) in [4.78, 5) is 4.16. The highest BCUT2D eigenvalue weighted by atomic mass is 16.5. The predicted octanol–water partition coefficient (Wildman–Crippen LogP) is 1.57. The molecule has 1 fully saturated rings. The molecule has 1 saturated heterocycles. The largest absolute Gasteiger partial charge is 0.383 e. The zero-order valence-corrected chi connectivity index (χ0v) is 10.3. The second-order valence-electron chi connectivity index (χ2n) is 4.57. The van der Waals surface area contributed by atoms with Gasteiger partial charge in [0.05, 0.1) is 12.3 Å². The summed E-state index contributed by atoms with van der Waals surface area (Å²) < 4.78 is 7.18. The summed E-state index contributed by atoms with van der Waals surface area (Å²) >= 11 is 0. The molecule has 3 heterocycles. The van der Waals surface area contributed by atoms with Crippen LogP contribution in [0, 0.1) is 0 Å². The number of pyridine rings is 1. The van der Waals surface area contributed by atoms with E-state index in [-0.39, 0.29) is 0 Å². The molecule has 2 N–H and O–H groups in total. The van der Waals surface area contributed by atoms with Gasteiger partial charge in [-0.25, -0.2) is 0 Å². The fraction of sp³-hybridized carbons (Fsp3) is 0.385. The summed E-state index contributed by atoms with van der Waals surface area (Å²) in [6.45, 7) is 1.53. The van der Waals surface area contributed by atoms with Crippen LogP contribution in [0.4, 0.5) is 5.82 Å². The van der Waals surface area contributed by atoms with Crippen molar-refractivity contribution in [1.82, 2.24) is 14.8 Å². The minimum Gasteiger partial charge on any atom is -0.383 e. The monoisotopic (exact) mass is 244 g/mol. The molecule has 0 saturated carbocycles. The zero-order valence-electron chi connectivity index (χ0n) is 10.3. The molecule has 18 heavy (non-hydrogen) atoms. The average Bonchev–Trinajstić information content (AvgIpc) is 3.00. The van der Waals surface area contributed by atoms with Crippen molar-refractivity contribution in [1.29, 1.82) is 0 Å². The highest BCUT2D eigenvalue weighted by Gasteiger charge is 2.26. The quantitative estimate of drug-likeness (QED) is 0.870. The van der Waals surface area contributed by atoms with Gasteiger partial charge in [-0.2, -0.15) is 5.10 Å². The van der Waals surface area contributed by atoms with E-state index < -0.39 is 0 Å². The minimum atomic E-state index is 0.337. The van der Waals surface area contributed by atoms with E-state index in [1.54, 1.807) is 10.9 Å². The van der Waals surface area contributed by atoms with Crippen LogP contribution >= 0.6 is 0 Å². The van der Waals surface area contributed by atoms with Crippen molar-refractivity contribution in [2.75, 3.05) is 18.9 Å². The Morgan fingerprint density at radius 1 is 1.50 bits per heavy atom. The van der Waals surface area contributed by atoms with E-state index in [0.29, 0.717) is 11.7 Å². The zero-order chi connectivity index (χ0) is 12.5. The summed E-state index contributed by atoms with van der Waals surface area (Å²) in [7, 11) is 1.87. The van der Waals surface area contributed by atoms with E-state index in [9.17, 15) is 0 Å². The fourth-order valence-corrected chi connectivity index (χ4v) is 2.40. The van der Waals surface area contributed by atoms with Gasteiger partial charge in [0, 0.05) is 43.1 Å². The van der Waals surface area contributed by atoms with Crippen molar-refractivity contribution in [2.45, 2.75) is 12.3 Å². The molecule has 5 nitrogen and oxygen atoms in total. The Bertz CT molecular complexity index is 544. The Morgan fingerprint density at radius 3 is 3.06 bits per heavy atom. The summed E-state index contributed by atoms with van der Waals surface area (Å²) in [5.41, 5.74) is 9.18. The molecule has 94 valence electrons. The second kappa shape index (κ2) is 4.42. The molecule has 1 atom stereocenters. The maximum absolute atomic E-state index is 6.13. The lowest BCUT2D eigenvalue weighted by Crippen LogP contribution is -2.01. The van der Waals surface area contributed by atoms with Gasteiger partial charge < -0.3 is 10.5 Å². The Morgan fingerprint density at radius 2 is 2.39 bits per heavy atom. The normalized spacial score (nSPS) is 19.3. The number of aryl methyl sites for hydroxylation is 1. The molecule has 0 amide bonds. The molecule has 2 aromatic rings. The number of nitrogen functional groups attached to an aromatic ring is 1. The third-order valence-corrected chi connectivity index (χ3v) is 3.39. The van der Waals surface area contributed by atoms with Crippen molar-refractivity contribution in [3.63, 3.8) is 0 Å². The summed E-state index contributed by atoms with van der Waals surface area (Å²) in [5.74, 6) is 1.02. The predicted molar refractivity (Wildman–Crippen MR) is 69.0 cm³/mol. The molecule has 1 unspecified atom stereocenters. The first-order chi connectivity index (χ1) is 8.77. The molecular weight excluding hydrogens is 228 g/mol. The molecule has 0 aliphatic carbocycles. The number of nitrogens with zero attached hydrogens (tertiary/aromatic N) is 3. The lowest BCUT2D eigenvalue weighted by molar-refractivity contribution is 0.193. The molecule has 2 aromatic heterocycles. The lowest BCUT2D eigenvalue weighted by Gasteiger charge is -2.07. The molecular formula is C13H16N4O. The van der Waals surface area contributed by atoms with Crippen LogP contribution in [0.15, 0.2) is 24.5 Å². The van der Waals surface area contributed by atoms with Crippen LogP contribution in [0.1, 0.15) is 18.0 Å². The second-order valence-corrected chi connectivity index (χ2v) is 4.57. The van der Waals surface area contributed by atoms with Gasteiger partial charge in [-0.05, 0) is 12.5 Å². The third kappa shape index (κ3) is 1.76. The maximum atomic E-state index is 6.13. The number of hydrogen-bond acceptors (Lipinski definition) is 4. The van der Waals surface area contributed by atoms with Crippen LogP contribution in [-0.4, -0.2) is 28.0 Å². The maximum Gasteiger partial charge on any atom is 0.129 e. The number of hydrogen-bond donors (Lipinski definition) is 1. The van der Waals surface area contributed by atoms with Crippen LogP contribution < -0.4 is 5.73 Å². The first-order valence-corrected chi connectivity index (χ1v) is 6.08. The SMILES string of the molecule is Cn1nc(C2CCOC2)c(-c2cccnc2)c1N. The van der Waals surface area contributed by atoms with Gasteiger partial charge >= 0.3 is 0 Å². The standard InChI is InChI=1S/C13H16N4O/c1-17-13(14)11(9-3-2-5-15-7-9)12(16-17)10-4-6-18-8-10/h2-3,5,7,10H,4,6,8,14H2,1H3. The average molecular weight is 244 g/mol. The Hall–Kier alpha value is -1.88. The van der Waals surface area contributed by atoms with E-state index in [4.69, 9.17) is 10.5 Å². The van der Waals surface area contributed by atoms with Crippen LogP contribution in [0.5, 0.6) is 0 Å². The Balaban J connectivity index is 2.12. The van der Waals surface area contributed by atoms with Gasteiger partial charge in [0.1, 0.15) is 5.82 Å². The van der Waals surface area contributed by atoms with Gasteiger partial charge in [0.2, 0.25) is 0 Å². The fourth-order valence-electron chi connectivity index (χ4n) is 2.40. The first kappa shape index (κ1) is 11.2. The molecule has 3 rings (SSSR count). The van der Waals surface area contributed by atoms with E-state index >= 15 is 0 Å². The van der Waals surface area contributed by atoms with Crippen molar-refractivity contribution < 1.29 is 4.74 Å². The van der Waals surface area contributed by atoms with Crippen LogP contribution in [0.2, 0.25) is 0 Å². The molecule has 1 aliphatic heterocycles. The van der Waals surface area contributed by atoms with Crippen molar-refractivity contribution in [2.24, 2.45) is 7.05 Å². The molecule has 1 aliphatic rings. The van der Waals surface area contributed by atoms with Gasteiger partial charge in [-0.3, -0.25) is 9.67 Å². The number of aromatic nitrogens is 3. The molecule has 0 aromatic carbocycles. The third-order valence-electron chi connectivity index (χ3n) is 3.39. The van der Waals surface area contributed by atoms with Gasteiger partial charge in [-0.1, -0.05) is 6.07 Å². The van der Waals surface area contributed by atoms with E-state index in [0.717, 1.165) is 36.5 Å². The van der Waals surface area contributed by atoms with Crippen molar-refractivity contribution >= 4 is 5.82 Å². The summed E-state index contributed by atoms with van der Waals surface area (Å²) in [6, 6.07) is 3.93. The van der Waals surface area contributed by atoms with Gasteiger partial charge in [-0.15, -0.1) is 0 Å². The van der Waals surface area contributed by atoms with Crippen LogP contribution in [-0.2, 0) is 11.8 Å². The van der Waals surface area contributed by atoms with E-state index in [1.807, 2.05) is 25.4 Å². The van der Waals surface area contributed by atoms with Crippen molar-refractivity contribution in [3.05, 3.63) is 30.2 Å². The van der Waals surface area contributed by atoms with Gasteiger partial charge in [0.15, 0.2) is 0 Å². The van der Waals surface area contributed by atoms with Crippen LogP contribution in [0.3, 0.4) is 0 Å². The Kier molecular flexibility index (Phi) is 2.76. The summed E-state index contributed by atoms with van der Waals surface area (Å²) in [5, 5.41) is 4.55. The number of anilines is 1. The minimum absolute atomic E-state index is 0.337. The Labute approximate surface area is 106 Å².